The van der Waals surface area contributed by atoms with Gasteiger partial charge in [-0.15, -0.1) is 10.2 Å². The monoisotopic (exact) mass is 449 g/mol. The van der Waals surface area contributed by atoms with E-state index in [4.69, 9.17) is 10.2 Å². The van der Waals surface area contributed by atoms with Gasteiger partial charge >= 0.3 is 6.03 Å². The number of carbonyl (C=O) groups is 4. The molecule has 3 heterocycles. The highest BCUT2D eigenvalue weighted by molar-refractivity contribution is 7.99. The van der Waals surface area contributed by atoms with Crippen molar-refractivity contribution in [3.8, 4) is 0 Å². The molecule has 0 aliphatic carbocycles. The SMILES string of the molecule is CCC1(C)NC(=O)N(NC(=O)CSc2nnc(CCC(N)=O)n2Cc2ccco2)C1=O. The van der Waals surface area contributed by atoms with E-state index in [0.29, 0.717) is 34.7 Å². The third-order valence-electron chi connectivity index (χ3n) is 4.82. The summed E-state index contributed by atoms with van der Waals surface area (Å²) in [6, 6.07) is 2.84. The van der Waals surface area contributed by atoms with Crippen LogP contribution in [0.5, 0.6) is 0 Å². The smallest absolute Gasteiger partial charge is 0.344 e. The maximum absolute atomic E-state index is 12.4. The van der Waals surface area contributed by atoms with E-state index in [9.17, 15) is 19.2 Å². The first-order chi connectivity index (χ1) is 14.7. The minimum atomic E-state index is -1.05. The van der Waals surface area contributed by atoms with E-state index in [1.54, 1.807) is 30.5 Å². The van der Waals surface area contributed by atoms with Crippen LogP contribution in [0.2, 0.25) is 0 Å². The number of amides is 5. The van der Waals surface area contributed by atoms with Gasteiger partial charge in [0.1, 0.15) is 17.1 Å². The Morgan fingerprint density at radius 3 is 2.74 bits per heavy atom. The van der Waals surface area contributed by atoms with Crippen molar-refractivity contribution in [1.82, 2.24) is 30.5 Å². The largest absolute Gasteiger partial charge is 0.467 e. The molecular formula is C18H23N7O5S. The Morgan fingerprint density at radius 1 is 1.35 bits per heavy atom. The Labute approximate surface area is 181 Å². The van der Waals surface area contributed by atoms with Crippen molar-refractivity contribution in [2.45, 2.75) is 50.4 Å². The van der Waals surface area contributed by atoms with Gasteiger partial charge in [0.2, 0.25) is 11.8 Å². The van der Waals surface area contributed by atoms with E-state index >= 15 is 0 Å². The third kappa shape index (κ3) is 5.05. The van der Waals surface area contributed by atoms with Crippen LogP contribution in [0.1, 0.15) is 38.3 Å². The highest BCUT2D eigenvalue weighted by Crippen LogP contribution is 2.21. The van der Waals surface area contributed by atoms with Crippen LogP contribution in [0.15, 0.2) is 28.0 Å². The predicted octanol–water partition coefficient (Wildman–Crippen LogP) is 0.181. The Kier molecular flexibility index (Phi) is 6.63. The number of hydrogen-bond acceptors (Lipinski definition) is 8. The van der Waals surface area contributed by atoms with Gasteiger partial charge in [0.05, 0.1) is 18.6 Å². The number of aryl methyl sites for hydroxylation is 1. The second-order valence-corrected chi connectivity index (χ2v) is 8.05. The molecule has 4 N–H and O–H groups in total. The van der Waals surface area contributed by atoms with Gasteiger partial charge in [-0.3, -0.25) is 24.4 Å². The Bertz CT molecular complexity index is 990. The standard InChI is InChI=1S/C18H23N7O5S/c1-3-18(2)15(28)25(16(29)20-18)23-14(27)10-31-17-22-21-13(7-6-12(19)26)24(17)9-11-5-4-8-30-11/h4-5,8H,3,6-7,9-10H2,1-2H3,(H2,19,26)(H,20,29)(H,23,27). The average molecular weight is 449 g/mol. The molecule has 2 aromatic rings. The molecule has 0 bridgehead atoms. The lowest BCUT2D eigenvalue weighted by Gasteiger charge is -2.19. The molecule has 1 atom stereocenters. The van der Waals surface area contributed by atoms with Gasteiger partial charge in [-0.1, -0.05) is 18.7 Å². The molecule has 0 spiro atoms. The number of carbonyl (C=O) groups excluding carboxylic acids is 4. The van der Waals surface area contributed by atoms with Crippen LogP contribution < -0.4 is 16.5 Å². The van der Waals surface area contributed by atoms with Crippen molar-refractivity contribution in [2.24, 2.45) is 5.73 Å². The summed E-state index contributed by atoms with van der Waals surface area (Å²) in [6.07, 6.45) is 2.31. The normalized spacial score (nSPS) is 18.3. The number of primary amides is 1. The molecule has 1 aliphatic heterocycles. The quantitative estimate of drug-likeness (QED) is 0.341. The minimum absolute atomic E-state index is 0.101. The number of nitrogens with two attached hydrogens (primary N) is 1. The van der Waals surface area contributed by atoms with E-state index in [-0.39, 0.29) is 18.6 Å². The summed E-state index contributed by atoms with van der Waals surface area (Å²) in [5.74, 6) is -0.496. The maximum atomic E-state index is 12.4. The molecule has 1 unspecified atom stereocenters. The van der Waals surface area contributed by atoms with Crippen LogP contribution in [0.25, 0.3) is 0 Å². The zero-order chi connectivity index (χ0) is 22.6. The first-order valence-corrected chi connectivity index (χ1v) is 10.5. The van der Waals surface area contributed by atoms with Crippen LogP contribution in [-0.2, 0) is 27.3 Å². The first kappa shape index (κ1) is 22.3. The Balaban J connectivity index is 1.66. The van der Waals surface area contributed by atoms with Gasteiger partial charge in [0.15, 0.2) is 5.16 Å². The van der Waals surface area contributed by atoms with Gasteiger partial charge in [-0.2, -0.15) is 5.01 Å². The van der Waals surface area contributed by atoms with E-state index in [1.807, 2.05) is 0 Å². The fourth-order valence-electron chi connectivity index (χ4n) is 2.88. The lowest BCUT2D eigenvalue weighted by Crippen LogP contribution is -2.49. The first-order valence-electron chi connectivity index (χ1n) is 9.55. The molecule has 5 amide bonds. The Morgan fingerprint density at radius 2 is 2.13 bits per heavy atom. The highest BCUT2D eigenvalue weighted by Gasteiger charge is 2.47. The van der Waals surface area contributed by atoms with Crippen molar-refractivity contribution >= 4 is 35.5 Å². The predicted molar refractivity (Wildman–Crippen MR) is 108 cm³/mol. The molecule has 13 heteroatoms. The number of urea groups is 1. The molecule has 0 radical (unpaired) electrons. The van der Waals surface area contributed by atoms with Gasteiger partial charge in [-0.05, 0) is 25.5 Å². The van der Waals surface area contributed by atoms with Crippen LogP contribution in [-0.4, -0.2) is 54.8 Å². The number of thioether (sulfide) groups is 1. The molecule has 31 heavy (non-hydrogen) atoms. The van der Waals surface area contributed by atoms with Crippen molar-refractivity contribution < 1.29 is 23.6 Å². The van der Waals surface area contributed by atoms with Crippen molar-refractivity contribution in [3.63, 3.8) is 0 Å². The third-order valence-corrected chi connectivity index (χ3v) is 5.79. The molecule has 166 valence electrons. The van der Waals surface area contributed by atoms with E-state index in [1.165, 1.54) is 6.26 Å². The van der Waals surface area contributed by atoms with E-state index in [2.05, 4.69) is 20.9 Å². The minimum Gasteiger partial charge on any atom is -0.467 e. The zero-order valence-electron chi connectivity index (χ0n) is 17.1. The fraction of sp³-hybridized carbons (Fsp3) is 0.444. The number of imide groups is 1. The second-order valence-electron chi connectivity index (χ2n) is 7.11. The summed E-state index contributed by atoms with van der Waals surface area (Å²) >= 11 is 1.07. The lowest BCUT2D eigenvalue weighted by atomic mass is 10.00. The average Bonchev–Trinajstić information content (AvgIpc) is 3.42. The number of nitrogens with one attached hydrogen (secondary N) is 2. The number of nitrogens with zero attached hydrogens (tertiary/aromatic N) is 4. The number of rotatable bonds is 10. The number of hydrogen-bond donors (Lipinski definition) is 3. The van der Waals surface area contributed by atoms with Gasteiger partial charge in [0, 0.05) is 12.8 Å². The van der Waals surface area contributed by atoms with Crippen molar-refractivity contribution in [1.29, 1.82) is 0 Å². The van der Waals surface area contributed by atoms with Crippen LogP contribution in [0.4, 0.5) is 4.79 Å². The zero-order valence-corrected chi connectivity index (χ0v) is 17.9. The van der Waals surface area contributed by atoms with Gasteiger partial charge < -0.3 is 15.5 Å². The molecule has 3 rings (SSSR count). The summed E-state index contributed by atoms with van der Waals surface area (Å²) in [5.41, 5.74) is 6.50. The molecule has 2 aromatic heterocycles. The summed E-state index contributed by atoms with van der Waals surface area (Å²) in [6.45, 7) is 3.67. The lowest BCUT2D eigenvalue weighted by molar-refractivity contribution is -0.137. The summed E-state index contributed by atoms with van der Waals surface area (Å²) in [5, 5.41) is 11.8. The second kappa shape index (κ2) is 9.20. The summed E-state index contributed by atoms with van der Waals surface area (Å²) in [4.78, 5) is 47.9. The number of aromatic nitrogens is 3. The molecule has 12 nitrogen and oxygen atoms in total. The topological polar surface area (TPSA) is 165 Å². The number of hydrazine groups is 1. The molecular weight excluding hydrogens is 426 g/mol. The highest BCUT2D eigenvalue weighted by atomic mass is 32.2. The number of furan rings is 1. The van der Waals surface area contributed by atoms with E-state index in [0.717, 1.165) is 11.8 Å². The van der Waals surface area contributed by atoms with Crippen LogP contribution in [0.3, 0.4) is 0 Å². The van der Waals surface area contributed by atoms with Crippen LogP contribution in [0, 0.1) is 0 Å². The summed E-state index contributed by atoms with van der Waals surface area (Å²) < 4.78 is 7.09. The fourth-order valence-corrected chi connectivity index (χ4v) is 3.62. The maximum Gasteiger partial charge on any atom is 0.344 e. The molecule has 1 aliphatic rings. The van der Waals surface area contributed by atoms with Gasteiger partial charge in [-0.25, -0.2) is 4.79 Å². The molecule has 1 fully saturated rings. The Hall–Kier alpha value is -3.35. The molecule has 1 saturated heterocycles. The molecule has 0 saturated carbocycles. The van der Waals surface area contributed by atoms with E-state index < -0.39 is 29.3 Å². The van der Waals surface area contributed by atoms with Gasteiger partial charge in [0.25, 0.3) is 5.91 Å². The molecule has 0 aromatic carbocycles. The van der Waals surface area contributed by atoms with Crippen LogP contribution >= 0.6 is 11.8 Å². The van der Waals surface area contributed by atoms with Crippen molar-refractivity contribution in [3.05, 3.63) is 30.0 Å². The summed E-state index contributed by atoms with van der Waals surface area (Å²) in [7, 11) is 0. The van der Waals surface area contributed by atoms with Crippen molar-refractivity contribution in [2.75, 3.05) is 5.75 Å².